The van der Waals surface area contributed by atoms with Crippen molar-refractivity contribution in [3.05, 3.63) is 0 Å². The predicted octanol–water partition coefficient (Wildman–Crippen LogP) is 2.18. The van der Waals surface area contributed by atoms with Crippen molar-refractivity contribution < 1.29 is 25.9 Å². The average Bonchev–Trinajstić information content (AvgIpc) is 1.19. The molecule has 0 aromatic heterocycles. The van der Waals surface area contributed by atoms with Gasteiger partial charge in [-0.2, -0.15) is 0 Å². The summed E-state index contributed by atoms with van der Waals surface area (Å²) in [6.07, 6.45) is 0. The van der Waals surface area contributed by atoms with Crippen LogP contribution in [0.15, 0.2) is 0 Å². The molecule has 0 aromatic carbocycles. The average molecular weight is 347 g/mol. The second kappa shape index (κ2) is 8.18. The van der Waals surface area contributed by atoms with Crippen LogP contribution in [-0.2, 0) is 21.1 Å². The van der Waals surface area contributed by atoms with E-state index in [1.165, 1.54) is 0 Å². The van der Waals surface area contributed by atoms with Gasteiger partial charge in [0, 0.05) is 29.9 Å². The second-order valence-corrected chi connectivity index (χ2v) is 11.0. The molecule has 0 heterocycles. The maximum absolute atomic E-state index is 8.66. The van der Waals surface area contributed by atoms with Crippen molar-refractivity contribution in [1.82, 2.24) is 0 Å². The monoisotopic (exact) mass is 347 g/mol. The van der Waals surface area contributed by atoms with Gasteiger partial charge < -0.3 is 4.80 Å². The Morgan fingerprint density at radius 1 is 1.00 bits per heavy atom. The van der Waals surface area contributed by atoms with E-state index >= 15 is 0 Å². The van der Waals surface area contributed by atoms with Gasteiger partial charge in [-0.3, -0.25) is 0 Å². The molecule has 4 heteroatoms. The first-order chi connectivity index (χ1) is 3.73. The summed E-state index contributed by atoms with van der Waals surface area (Å²) in [5.74, 6) is 0. The van der Waals surface area contributed by atoms with E-state index in [4.69, 9.17) is 4.80 Å². The Morgan fingerprint density at radius 2 is 1.00 bits per heavy atom. The molecule has 0 spiro atoms. The van der Waals surface area contributed by atoms with Crippen LogP contribution in [0, 0.1) is 0 Å². The molecule has 1 N–H and O–H groups in total. The Morgan fingerprint density at radius 3 is 1.00 bits per heavy atom. The van der Waals surface area contributed by atoms with Crippen molar-refractivity contribution in [3.63, 3.8) is 0 Å². The minimum Gasteiger partial charge on any atom is -0.433 e. The Hall–Kier alpha value is 1.08. The topological polar surface area (TPSA) is 20.2 Å². The van der Waals surface area contributed by atoms with E-state index in [0.29, 0.717) is 0 Å². The summed E-state index contributed by atoms with van der Waals surface area (Å²) in [6, 6.07) is 0. The Labute approximate surface area is 82.2 Å². The van der Waals surface area contributed by atoms with E-state index in [2.05, 4.69) is 19.6 Å². The summed E-state index contributed by atoms with van der Waals surface area (Å²) < 4.78 is 0. The molecule has 0 atom stereocenters. The van der Waals surface area contributed by atoms with Crippen LogP contribution in [-0.4, -0.2) is 21.9 Å². The molecule has 0 fully saturated rings. The molecular formula is C6H19OSi2W. The zero-order chi connectivity index (χ0) is 8.08. The van der Waals surface area contributed by atoms with Crippen LogP contribution in [0.25, 0.3) is 0 Å². The first-order valence-corrected chi connectivity index (χ1v) is 9.67. The Kier molecular flexibility index (Phi) is 14.1. The van der Waals surface area contributed by atoms with Gasteiger partial charge in [0.05, 0.1) is 0 Å². The number of hydrogen-bond acceptors (Lipinski definition) is 1. The van der Waals surface area contributed by atoms with Crippen LogP contribution in [0.4, 0.5) is 0 Å². The maximum Gasteiger partial charge on any atom is 0.179 e. The molecule has 0 aromatic rings. The number of hydrogen-bond donors (Lipinski definition) is 1. The minimum atomic E-state index is -1.61. The van der Waals surface area contributed by atoms with E-state index in [1.807, 2.05) is 19.6 Å². The maximum atomic E-state index is 8.66. The first kappa shape index (κ1) is 17.2. The minimum absolute atomic E-state index is 0. The van der Waals surface area contributed by atoms with E-state index < -0.39 is 8.32 Å². The molecule has 0 rings (SSSR count). The van der Waals surface area contributed by atoms with Crippen LogP contribution < -0.4 is 0 Å². The smallest absolute Gasteiger partial charge is 0.179 e. The molecule has 0 saturated heterocycles. The van der Waals surface area contributed by atoms with Gasteiger partial charge in [0.25, 0.3) is 0 Å². The number of rotatable bonds is 0. The van der Waals surface area contributed by atoms with Crippen LogP contribution in [0.2, 0.25) is 39.3 Å². The van der Waals surface area contributed by atoms with Crippen molar-refractivity contribution in [2.45, 2.75) is 39.3 Å². The third-order valence-corrected chi connectivity index (χ3v) is 0. The SMILES string of the molecule is C[Si](C)(C)O.C[Si](C)C.[W]. The zero-order valence-corrected chi connectivity index (χ0v) is 12.8. The molecule has 0 bridgehead atoms. The molecular weight excluding hydrogens is 328 g/mol. The third-order valence-electron chi connectivity index (χ3n) is 0. The van der Waals surface area contributed by atoms with Crippen molar-refractivity contribution in [1.29, 1.82) is 0 Å². The fourth-order valence-electron chi connectivity index (χ4n) is 0. The zero-order valence-electron chi connectivity index (χ0n) is 7.86. The van der Waals surface area contributed by atoms with Gasteiger partial charge in [-0.05, 0) is 19.6 Å². The molecule has 63 valence electrons. The van der Waals surface area contributed by atoms with Gasteiger partial charge in [0.1, 0.15) is 0 Å². The van der Waals surface area contributed by atoms with Gasteiger partial charge in [-0.1, -0.05) is 19.6 Å². The van der Waals surface area contributed by atoms with Gasteiger partial charge in [0.2, 0.25) is 0 Å². The summed E-state index contributed by atoms with van der Waals surface area (Å²) in [5, 5.41) is 0. The molecule has 0 unspecified atom stereocenters. The van der Waals surface area contributed by atoms with Crippen molar-refractivity contribution in [3.8, 4) is 0 Å². The largest absolute Gasteiger partial charge is 0.433 e. The summed E-state index contributed by atoms with van der Waals surface area (Å²) in [5.41, 5.74) is 0. The van der Waals surface area contributed by atoms with Crippen LogP contribution in [0.5, 0.6) is 0 Å². The fraction of sp³-hybridized carbons (Fsp3) is 1.00. The van der Waals surface area contributed by atoms with Crippen molar-refractivity contribution in [2.75, 3.05) is 0 Å². The molecule has 0 aliphatic carbocycles. The fourth-order valence-corrected chi connectivity index (χ4v) is 0. The summed E-state index contributed by atoms with van der Waals surface area (Å²) in [4.78, 5) is 8.66. The quantitative estimate of drug-likeness (QED) is 0.666. The van der Waals surface area contributed by atoms with Gasteiger partial charge >= 0.3 is 0 Å². The Balaban J connectivity index is -0.0000000910. The van der Waals surface area contributed by atoms with Crippen LogP contribution in [0.1, 0.15) is 0 Å². The van der Waals surface area contributed by atoms with Crippen molar-refractivity contribution in [2.24, 2.45) is 0 Å². The second-order valence-electron chi connectivity index (χ2n) is 3.67. The van der Waals surface area contributed by atoms with Gasteiger partial charge in [-0.15, -0.1) is 0 Å². The van der Waals surface area contributed by atoms with E-state index in [-0.39, 0.29) is 29.9 Å². The summed E-state index contributed by atoms with van der Waals surface area (Å²) >= 11 is 0. The summed E-state index contributed by atoms with van der Waals surface area (Å²) in [7, 11) is -1.49. The van der Waals surface area contributed by atoms with Gasteiger partial charge in [-0.25, -0.2) is 0 Å². The molecule has 10 heavy (non-hydrogen) atoms. The molecule has 1 radical (unpaired) electrons. The van der Waals surface area contributed by atoms with E-state index in [1.54, 1.807) is 0 Å². The van der Waals surface area contributed by atoms with E-state index in [0.717, 1.165) is 0 Å². The standard InChI is InChI=1S/C3H10OSi.C3H9Si.W/c1-5(2,3)4;1-4(2)3;/h4H,1-3H3;1-3H3;. The molecule has 0 saturated carbocycles. The summed E-state index contributed by atoms with van der Waals surface area (Å²) in [6.45, 7) is 12.5. The predicted molar refractivity (Wildman–Crippen MR) is 48.9 cm³/mol. The molecule has 0 amide bonds. The van der Waals surface area contributed by atoms with E-state index in [9.17, 15) is 0 Å². The van der Waals surface area contributed by atoms with Gasteiger partial charge in [0.15, 0.2) is 8.32 Å². The normalized spacial score (nSPS) is 9.60. The molecule has 0 aliphatic heterocycles. The van der Waals surface area contributed by atoms with Crippen LogP contribution >= 0.6 is 0 Å². The third kappa shape index (κ3) is 507. The molecule has 1 nitrogen and oxygen atoms in total. The first-order valence-electron chi connectivity index (χ1n) is 3.22. The van der Waals surface area contributed by atoms with Crippen LogP contribution in [0.3, 0.4) is 0 Å². The van der Waals surface area contributed by atoms with Crippen molar-refractivity contribution >= 4 is 17.1 Å². The molecule has 0 aliphatic rings. The Bertz CT molecular complexity index is 52.5.